The maximum absolute atomic E-state index is 12.1. The van der Waals surface area contributed by atoms with Gasteiger partial charge in [-0.05, 0) is 17.9 Å². The third kappa shape index (κ3) is 2.10. The number of benzene rings is 2. The monoisotopic (exact) mass is 323 g/mol. The van der Waals surface area contributed by atoms with Crippen LogP contribution in [0.15, 0.2) is 36.4 Å². The molecule has 2 aromatic carbocycles. The van der Waals surface area contributed by atoms with E-state index >= 15 is 0 Å². The first-order chi connectivity index (χ1) is 9.63. The smallest absolute Gasteiger partial charge is 0.242 e. The number of hydrogen-bond acceptors (Lipinski definition) is 2. The van der Waals surface area contributed by atoms with Gasteiger partial charge < -0.3 is 5.32 Å². The maximum atomic E-state index is 12.1. The predicted molar refractivity (Wildman–Crippen MR) is 86.8 cm³/mol. The van der Waals surface area contributed by atoms with Crippen LogP contribution in [0.25, 0.3) is 11.1 Å². The lowest BCUT2D eigenvalue weighted by atomic mass is 10.0. The Balaban J connectivity index is 2.28. The van der Waals surface area contributed by atoms with Gasteiger partial charge in [0.2, 0.25) is 5.91 Å². The number of halogens is 2. The molecule has 0 aromatic heterocycles. The number of thioether (sulfide) groups is 1. The normalized spacial score (nSPS) is 16.9. The van der Waals surface area contributed by atoms with E-state index in [-0.39, 0.29) is 11.2 Å². The van der Waals surface area contributed by atoms with Crippen LogP contribution < -0.4 is 5.32 Å². The van der Waals surface area contributed by atoms with Crippen molar-refractivity contribution < 1.29 is 4.79 Å². The second-order valence-corrected chi connectivity index (χ2v) is 6.21. The molecule has 20 heavy (non-hydrogen) atoms. The lowest BCUT2D eigenvalue weighted by molar-refractivity contribution is -0.115. The second kappa shape index (κ2) is 5.32. The van der Waals surface area contributed by atoms with E-state index in [1.165, 1.54) is 11.8 Å². The van der Waals surface area contributed by atoms with Crippen molar-refractivity contribution in [2.45, 2.75) is 5.25 Å². The summed E-state index contributed by atoms with van der Waals surface area (Å²) in [6.45, 7) is 0. The third-order valence-electron chi connectivity index (χ3n) is 3.32. The zero-order valence-electron chi connectivity index (χ0n) is 10.6. The van der Waals surface area contributed by atoms with Gasteiger partial charge in [0.05, 0.1) is 15.7 Å². The Morgan fingerprint density at radius 3 is 2.55 bits per heavy atom. The number of nitrogens with one attached hydrogen (secondary N) is 1. The zero-order chi connectivity index (χ0) is 14.3. The van der Waals surface area contributed by atoms with Crippen molar-refractivity contribution >= 4 is 46.6 Å². The van der Waals surface area contributed by atoms with Gasteiger partial charge in [-0.3, -0.25) is 4.79 Å². The molecule has 0 saturated carbocycles. The fourth-order valence-electron chi connectivity index (χ4n) is 2.42. The summed E-state index contributed by atoms with van der Waals surface area (Å²) in [6.07, 6.45) is 1.89. The molecule has 0 saturated heterocycles. The number of anilines is 1. The van der Waals surface area contributed by atoms with E-state index < -0.39 is 0 Å². The van der Waals surface area contributed by atoms with Crippen LogP contribution in [-0.2, 0) is 4.79 Å². The molecule has 1 unspecified atom stereocenters. The Kier molecular flexibility index (Phi) is 3.67. The summed E-state index contributed by atoms with van der Waals surface area (Å²) in [5, 5.41) is 3.55. The van der Waals surface area contributed by atoms with Crippen molar-refractivity contribution in [3.05, 3.63) is 52.0 Å². The van der Waals surface area contributed by atoms with Crippen molar-refractivity contribution in [3.63, 3.8) is 0 Å². The van der Waals surface area contributed by atoms with Gasteiger partial charge in [-0.2, -0.15) is 0 Å². The summed E-state index contributed by atoms with van der Waals surface area (Å²) >= 11 is 14.0. The number of carbonyl (C=O) groups is 1. The van der Waals surface area contributed by atoms with E-state index in [1.807, 2.05) is 36.6 Å². The molecule has 1 aliphatic rings. The zero-order valence-corrected chi connectivity index (χ0v) is 12.9. The lowest BCUT2D eigenvalue weighted by Gasteiger charge is -2.13. The highest BCUT2D eigenvalue weighted by Crippen LogP contribution is 2.49. The Morgan fingerprint density at radius 1 is 1.20 bits per heavy atom. The Bertz CT molecular complexity index is 688. The van der Waals surface area contributed by atoms with Crippen molar-refractivity contribution in [1.29, 1.82) is 0 Å². The molecule has 0 radical (unpaired) electrons. The van der Waals surface area contributed by atoms with Crippen LogP contribution in [0.4, 0.5) is 5.69 Å². The molecule has 102 valence electrons. The predicted octanol–water partition coefficient (Wildman–Crippen LogP) is 5.02. The Morgan fingerprint density at radius 2 is 1.90 bits per heavy atom. The fourth-order valence-corrected chi connectivity index (χ4v) is 3.69. The summed E-state index contributed by atoms with van der Waals surface area (Å²) in [5.74, 6) is -0.0474. The summed E-state index contributed by atoms with van der Waals surface area (Å²) < 4.78 is 0. The molecule has 0 fully saturated rings. The van der Waals surface area contributed by atoms with E-state index in [2.05, 4.69) is 5.32 Å². The third-order valence-corrected chi connectivity index (χ3v) is 5.05. The van der Waals surface area contributed by atoms with Gasteiger partial charge in [-0.1, -0.05) is 53.5 Å². The van der Waals surface area contributed by atoms with Gasteiger partial charge in [-0.15, -0.1) is 11.8 Å². The largest absolute Gasteiger partial charge is 0.324 e. The molecule has 2 nitrogen and oxygen atoms in total. The van der Waals surface area contributed by atoms with Crippen LogP contribution >= 0.6 is 35.0 Å². The molecule has 1 N–H and O–H groups in total. The molecule has 1 heterocycles. The number of rotatable bonds is 2. The molecule has 0 aliphatic carbocycles. The van der Waals surface area contributed by atoms with Crippen LogP contribution in [0.3, 0.4) is 0 Å². The van der Waals surface area contributed by atoms with Gasteiger partial charge >= 0.3 is 0 Å². The summed E-state index contributed by atoms with van der Waals surface area (Å²) in [4.78, 5) is 12.1. The van der Waals surface area contributed by atoms with Crippen LogP contribution in [0.2, 0.25) is 10.0 Å². The Hall–Kier alpha value is -1.16. The molecule has 1 atom stereocenters. The summed E-state index contributed by atoms with van der Waals surface area (Å²) in [7, 11) is 0. The van der Waals surface area contributed by atoms with Gasteiger partial charge in [0, 0.05) is 11.1 Å². The molecule has 3 rings (SSSR count). The number of amides is 1. The van der Waals surface area contributed by atoms with Gasteiger partial charge in [-0.25, -0.2) is 0 Å². The van der Waals surface area contributed by atoms with Crippen molar-refractivity contribution in [2.24, 2.45) is 0 Å². The lowest BCUT2D eigenvalue weighted by Crippen LogP contribution is -2.08. The fraction of sp³-hybridized carbons (Fsp3) is 0.133. The molecule has 0 bridgehead atoms. The van der Waals surface area contributed by atoms with E-state index in [4.69, 9.17) is 23.2 Å². The minimum absolute atomic E-state index is 0.0474. The molecule has 1 amide bonds. The SMILES string of the molecule is CSC1C(=O)Nc2c(-c3ccccc3)cc(Cl)c(Cl)c21. The van der Waals surface area contributed by atoms with Crippen molar-refractivity contribution in [1.82, 2.24) is 0 Å². The molecule has 2 aromatic rings. The average Bonchev–Trinajstić information content (AvgIpc) is 2.80. The Labute approximate surface area is 131 Å². The standard InChI is InChI=1S/C15H11Cl2NOS/c1-20-14-11-12(17)10(16)7-9(13(11)18-15(14)19)8-5-3-2-4-6-8/h2-7,14H,1H3,(H,18,19). The number of fused-ring (bicyclic) bond motifs is 1. The highest BCUT2D eigenvalue weighted by molar-refractivity contribution is 7.99. The van der Waals surface area contributed by atoms with Crippen LogP contribution in [0, 0.1) is 0 Å². The van der Waals surface area contributed by atoms with E-state index in [9.17, 15) is 4.79 Å². The maximum Gasteiger partial charge on any atom is 0.242 e. The summed E-state index contributed by atoms with van der Waals surface area (Å²) in [5.41, 5.74) is 3.47. The van der Waals surface area contributed by atoms with Crippen molar-refractivity contribution in [3.8, 4) is 11.1 Å². The average molecular weight is 324 g/mol. The first kappa shape index (κ1) is 13.8. The topological polar surface area (TPSA) is 29.1 Å². The van der Waals surface area contributed by atoms with E-state index in [0.717, 1.165) is 22.4 Å². The van der Waals surface area contributed by atoms with Gasteiger partial charge in [0.15, 0.2) is 0 Å². The minimum atomic E-state index is -0.307. The molecule has 1 aliphatic heterocycles. The quantitative estimate of drug-likeness (QED) is 0.841. The number of carbonyl (C=O) groups excluding carboxylic acids is 1. The molecule has 5 heteroatoms. The van der Waals surface area contributed by atoms with Gasteiger partial charge in [0.1, 0.15) is 5.25 Å². The van der Waals surface area contributed by atoms with E-state index in [1.54, 1.807) is 6.07 Å². The van der Waals surface area contributed by atoms with E-state index in [0.29, 0.717) is 10.0 Å². The van der Waals surface area contributed by atoms with Crippen LogP contribution in [-0.4, -0.2) is 12.2 Å². The highest BCUT2D eigenvalue weighted by atomic mass is 35.5. The molecular weight excluding hydrogens is 313 g/mol. The van der Waals surface area contributed by atoms with Crippen LogP contribution in [0.5, 0.6) is 0 Å². The number of hydrogen-bond donors (Lipinski definition) is 1. The molecular formula is C15H11Cl2NOS. The second-order valence-electron chi connectivity index (χ2n) is 4.48. The summed E-state index contributed by atoms with van der Waals surface area (Å²) in [6, 6.07) is 11.6. The van der Waals surface area contributed by atoms with Gasteiger partial charge in [0.25, 0.3) is 0 Å². The first-order valence-electron chi connectivity index (χ1n) is 6.04. The van der Waals surface area contributed by atoms with Crippen LogP contribution in [0.1, 0.15) is 10.8 Å². The highest BCUT2D eigenvalue weighted by Gasteiger charge is 2.35. The minimum Gasteiger partial charge on any atom is -0.324 e. The molecule has 0 spiro atoms. The van der Waals surface area contributed by atoms with Crippen molar-refractivity contribution in [2.75, 3.05) is 11.6 Å². The first-order valence-corrected chi connectivity index (χ1v) is 8.09.